The van der Waals surface area contributed by atoms with E-state index in [1.165, 1.54) is 17.3 Å². The largest absolute Gasteiger partial charge is 0.476 e. The molecule has 0 heterocycles. The lowest BCUT2D eigenvalue weighted by Crippen LogP contribution is -2.26. The van der Waals surface area contributed by atoms with E-state index in [0.29, 0.717) is 5.90 Å². The highest BCUT2D eigenvalue weighted by atomic mass is 19.4. The van der Waals surface area contributed by atoms with Gasteiger partial charge in [-0.2, -0.15) is 13.2 Å². The first kappa shape index (κ1) is 20.8. The van der Waals surface area contributed by atoms with Crippen molar-refractivity contribution in [1.82, 2.24) is 0 Å². The van der Waals surface area contributed by atoms with Gasteiger partial charge in [-0.3, -0.25) is 0 Å². The van der Waals surface area contributed by atoms with Crippen LogP contribution in [0.3, 0.4) is 0 Å². The first-order valence-corrected chi connectivity index (χ1v) is 7.83. The van der Waals surface area contributed by atoms with Crippen LogP contribution in [0.15, 0.2) is 47.1 Å². The zero-order valence-electron chi connectivity index (χ0n) is 14.9. The second-order valence-corrected chi connectivity index (χ2v) is 5.51. The van der Waals surface area contributed by atoms with E-state index in [-0.39, 0.29) is 6.61 Å². The second-order valence-electron chi connectivity index (χ2n) is 5.51. The number of nitrogens with zero attached hydrogens (tertiary/aromatic N) is 2. The van der Waals surface area contributed by atoms with Crippen LogP contribution in [0.1, 0.15) is 31.9 Å². The van der Waals surface area contributed by atoms with Crippen LogP contribution in [0, 0.1) is 0 Å². The van der Waals surface area contributed by atoms with Crippen LogP contribution in [0.5, 0.6) is 0 Å². The molecule has 4 nitrogen and oxygen atoms in total. The Bertz CT molecular complexity index is 662. The number of rotatable bonds is 6. The van der Waals surface area contributed by atoms with Gasteiger partial charge < -0.3 is 9.75 Å². The zero-order chi connectivity index (χ0) is 19.0. The molecule has 0 radical (unpaired) electrons. The summed E-state index contributed by atoms with van der Waals surface area (Å²) in [7, 11) is 1.75. The summed E-state index contributed by atoms with van der Waals surface area (Å²) in [6.07, 6.45) is -0.0300. The number of allylic oxidation sites excluding steroid dienone is 3. The minimum atomic E-state index is -4.33. The molecule has 0 saturated carbocycles. The number of hydrogen-bond donors (Lipinski definition) is 1. The normalized spacial score (nSPS) is 13.4. The van der Waals surface area contributed by atoms with Gasteiger partial charge in [0.1, 0.15) is 6.61 Å². The standard InChI is InChI=1S/C18H24F3N3O/c1-5-15-9-6-10-17(24(4)22)16(15)12-25-14(3)23-11-7-8-13(2)18(19,20)21/h6-11H,5,12,22H2,1-4H3/b11-7-,13-8+,23-14+. The Balaban J connectivity index is 2.78. The lowest BCUT2D eigenvalue weighted by atomic mass is 10.0. The van der Waals surface area contributed by atoms with Gasteiger partial charge in [0.2, 0.25) is 0 Å². The van der Waals surface area contributed by atoms with E-state index in [4.69, 9.17) is 10.6 Å². The fourth-order valence-electron chi connectivity index (χ4n) is 2.09. The van der Waals surface area contributed by atoms with E-state index in [2.05, 4.69) is 4.99 Å². The maximum atomic E-state index is 12.3. The summed E-state index contributed by atoms with van der Waals surface area (Å²) in [6, 6.07) is 5.83. The molecule has 1 aromatic rings. The molecule has 0 bridgehead atoms. The Morgan fingerprint density at radius 1 is 1.32 bits per heavy atom. The predicted octanol–water partition coefficient (Wildman–Crippen LogP) is 4.52. The van der Waals surface area contributed by atoms with Crippen LogP contribution in [-0.4, -0.2) is 19.1 Å². The van der Waals surface area contributed by atoms with Gasteiger partial charge in [0.25, 0.3) is 0 Å². The summed E-state index contributed by atoms with van der Waals surface area (Å²) in [6.45, 7) is 4.97. The van der Waals surface area contributed by atoms with Crippen LogP contribution in [0.2, 0.25) is 0 Å². The summed E-state index contributed by atoms with van der Waals surface area (Å²) in [5.41, 5.74) is 2.24. The molecule has 0 spiro atoms. The van der Waals surface area contributed by atoms with Crippen molar-refractivity contribution in [2.75, 3.05) is 12.1 Å². The van der Waals surface area contributed by atoms with Crippen LogP contribution in [-0.2, 0) is 17.8 Å². The van der Waals surface area contributed by atoms with Gasteiger partial charge in [0.05, 0.1) is 5.69 Å². The topological polar surface area (TPSA) is 50.8 Å². The van der Waals surface area contributed by atoms with Crippen molar-refractivity contribution in [3.63, 3.8) is 0 Å². The molecule has 0 atom stereocenters. The molecule has 138 valence electrons. The number of alkyl halides is 3. The number of anilines is 1. The van der Waals surface area contributed by atoms with E-state index in [1.54, 1.807) is 14.0 Å². The molecular formula is C18H24F3N3O. The molecule has 0 saturated heterocycles. The molecule has 7 heteroatoms. The second kappa shape index (κ2) is 9.27. The Kier molecular flexibility index (Phi) is 7.70. The van der Waals surface area contributed by atoms with E-state index >= 15 is 0 Å². The summed E-state index contributed by atoms with van der Waals surface area (Å²) >= 11 is 0. The smallest absolute Gasteiger partial charge is 0.412 e. The average molecular weight is 355 g/mol. The van der Waals surface area contributed by atoms with Gasteiger partial charge >= 0.3 is 6.18 Å². The van der Waals surface area contributed by atoms with E-state index < -0.39 is 11.7 Å². The van der Waals surface area contributed by atoms with Crippen LogP contribution < -0.4 is 10.9 Å². The molecule has 0 fully saturated rings. The van der Waals surface area contributed by atoms with Crippen molar-refractivity contribution in [2.24, 2.45) is 10.8 Å². The number of ether oxygens (including phenoxy) is 1. The first-order valence-electron chi connectivity index (χ1n) is 7.83. The minimum absolute atomic E-state index is 0.279. The average Bonchev–Trinajstić information content (AvgIpc) is 2.55. The molecule has 0 aliphatic rings. The molecule has 0 amide bonds. The summed E-state index contributed by atoms with van der Waals surface area (Å²) < 4.78 is 42.6. The molecule has 1 rings (SSSR count). The maximum absolute atomic E-state index is 12.3. The Hall–Kier alpha value is -2.28. The third kappa shape index (κ3) is 6.62. The van der Waals surface area contributed by atoms with Gasteiger partial charge in [-0.05, 0) is 31.1 Å². The quantitative estimate of drug-likeness (QED) is 0.268. The monoisotopic (exact) mass is 355 g/mol. The Morgan fingerprint density at radius 3 is 2.56 bits per heavy atom. The minimum Gasteiger partial charge on any atom is -0.476 e. The fourth-order valence-corrected chi connectivity index (χ4v) is 2.09. The highest BCUT2D eigenvalue weighted by Crippen LogP contribution is 2.25. The van der Waals surface area contributed by atoms with Gasteiger partial charge in [-0.15, -0.1) is 0 Å². The van der Waals surface area contributed by atoms with Crippen molar-refractivity contribution in [2.45, 2.75) is 40.0 Å². The van der Waals surface area contributed by atoms with Gasteiger partial charge in [-0.25, -0.2) is 10.8 Å². The zero-order valence-corrected chi connectivity index (χ0v) is 14.9. The number of hydrazine groups is 1. The highest BCUT2D eigenvalue weighted by Gasteiger charge is 2.29. The number of aliphatic imine (C=N–C) groups is 1. The molecule has 25 heavy (non-hydrogen) atoms. The number of hydrogen-bond acceptors (Lipinski definition) is 4. The predicted molar refractivity (Wildman–Crippen MR) is 95.3 cm³/mol. The summed E-state index contributed by atoms with van der Waals surface area (Å²) in [4.78, 5) is 3.98. The third-order valence-electron chi connectivity index (χ3n) is 3.57. The summed E-state index contributed by atoms with van der Waals surface area (Å²) in [5.74, 6) is 6.20. The summed E-state index contributed by atoms with van der Waals surface area (Å²) in [5, 5.41) is 1.52. The van der Waals surface area contributed by atoms with Crippen LogP contribution in [0.25, 0.3) is 0 Å². The van der Waals surface area contributed by atoms with Gasteiger partial charge in [0.15, 0.2) is 5.90 Å². The van der Waals surface area contributed by atoms with Crippen molar-refractivity contribution < 1.29 is 17.9 Å². The van der Waals surface area contributed by atoms with E-state index in [1.807, 2.05) is 25.1 Å². The number of halogens is 3. The number of aryl methyl sites for hydroxylation is 1. The van der Waals surface area contributed by atoms with Crippen LogP contribution in [0.4, 0.5) is 18.9 Å². The first-order chi connectivity index (χ1) is 11.7. The maximum Gasteiger partial charge on any atom is 0.412 e. The SMILES string of the molecule is CCc1cccc(N(C)N)c1CO/C(C)=N/C=C\C=C(/C)C(F)(F)F. The lowest BCUT2D eigenvalue weighted by molar-refractivity contribution is -0.0912. The van der Waals surface area contributed by atoms with Crippen molar-refractivity contribution in [1.29, 1.82) is 0 Å². The van der Waals surface area contributed by atoms with Crippen molar-refractivity contribution in [3.05, 3.63) is 53.3 Å². The molecule has 2 N–H and O–H groups in total. The highest BCUT2D eigenvalue weighted by molar-refractivity contribution is 5.74. The Morgan fingerprint density at radius 2 is 2.00 bits per heavy atom. The number of nitrogens with two attached hydrogens (primary N) is 1. The van der Waals surface area contributed by atoms with Crippen molar-refractivity contribution in [3.8, 4) is 0 Å². The van der Waals surface area contributed by atoms with Gasteiger partial charge in [-0.1, -0.05) is 25.1 Å². The lowest BCUT2D eigenvalue weighted by Gasteiger charge is -2.19. The fraction of sp³-hybridized carbons (Fsp3) is 0.389. The van der Waals surface area contributed by atoms with E-state index in [0.717, 1.165) is 36.2 Å². The van der Waals surface area contributed by atoms with Crippen molar-refractivity contribution >= 4 is 11.6 Å². The molecule has 0 aromatic heterocycles. The van der Waals surface area contributed by atoms with Gasteiger partial charge in [0, 0.05) is 31.3 Å². The molecular weight excluding hydrogens is 331 g/mol. The molecule has 1 aromatic carbocycles. The molecule has 0 aliphatic carbocycles. The third-order valence-corrected chi connectivity index (χ3v) is 3.57. The molecule has 0 aliphatic heterocycles. The number of benzene rings is 1. The van der Waals surface area contributed by atoms with Crippen LogP contribution >= 0.6 is 0 Å². The molecule has 0 unspecified atom stereocenters. The Labute approximate surface area is 146 Å². The van der Waals surface area contributed by atoms with E-state index in [9.17, 15) is 13.2 Å².